The molecule has 1 aromatic carbocycles. The number of nitrogens with one attached hydrogen (secondary N) is 2. The summed E-state index contributed by atoms with van der Waals surface area (Å²) in [5.41, 5.74) is -0.0380. The van der Waals surface area contributed by atoms with Crippen LogP contribution in [0, 0.1) is 0 Å². The Morgan fingerprint density at radius 3 is 2.42 bits per heavy atom. The van der Waals surface area contributed by atoms with E-state index in [0.717, 1.165) is 10.5 Å². The van der Waals surface area contributed by atoms with Gasteiger partial charge in [0.15, 0.2) is 0 Å². The van der Waals surface area contributed by atoms with Crippen molar-refractivity contribution >= 4 is 17.8 Å². The Morgan fingerprint density at radius 2 is 1.88 bits per heavy atom. The maximum Gasteiger partial charge on any atom is 0.325 e. The number of para-hydroxylation sites is 1. The molecule has 1 atom stereocenters. The minimum Gasteiger partial charge on any atom is -0.496 e. The van der Waals surface area contributed by atoms with Gasteiger partial charge in [0.25, 0.3) is 5.91 Å². The van der Waals surface area contributed by atoms with Crippen molar-refractivity contribution in [2.24, 2.45) is 0 Å². The van der Waals surface area contributed by atoms with E-state index in [1.54, 1.807) is 7.11 Å². The lowest BCUT2D eigenvalue weighted by molar-refractivity contribution is -0.135. The fraction of sp³-hybridized carbons (Fsp3) is 0.526. The van der Waals surface area contributed by atoms with Crippen molar-refractivity contribution in [2.75, 3.05) is 13.7 Å². The van der Waals surface area contributed by atoms with E-state index < -0.39 is 11.6 Å². The molecule has 0 spiro atoms. The maximum atomic E-state index is 12.6. The average molecular weight is 361 g/mol. The predicted molar refractivity (Wildman–Crippen MR) is 97.7 cm³/mol. The van der Waals surface area contributed by atoms with Crippen molar-refractivity contribution in [3.8, 4) is 5.75 Å². The van der Waals surface area contributed by atoms with Gasteiger partial charge in [-0.25, -0.2) is 4.79 Å². The van der Waals surface area contributed by atoms with Crippen LogP contribution in [-0.2, 0) is 9.59 Å². The Bertz CT molecular complexity index is 685. The number of nitrogens with zero attached hydrogens (tertiary/aromatic N) is 1. The number of rotatable bonds is 8. The molecule has 1 saturated heterocycles. The first-order valence-corrected chi connectivity index (χ1v) is 8.98. The Morgan fingerprint density at radius 1 is 1.23 bits per heavy atom. The van der Waals surface area contributed by atoms with Crippen LogP contribution >= 0.6 is 0 Å². The van der Waals surface area contributed by atoms with Crippen LogP contribution in [0.4, 0.5) is 4.79 Å². The number of imide groups is 1. The molecule has 1 fully saturated rings. The maximum absolute atomic E-state index is 12.6. The molecule has 1 unspecified atom stereocenters. The van der Waals surface area contributed by atoms with E-state index in [4.69, 9.17) is 4.74 Å². The molecule has 1 aromatic rings. The van der Waals surface area contributed by atoms with E-state index in [2.05, 4.69) is 10.6 Å². The fourth-order valence-electron chi connectivity index (χ4n) is 3.29. The van der Waals surface area contributed by atoms with Crippen molar-refractivity contribution in [2.45, 2.75) is 51.6 Å². The topological polar surface area (TPSA) is 87.7 Å². The van der Waals surface area contributed by atoms with Gasteiger partial charge in [-0.1, -0.05) is 39.0 Å². The monoisotopic (exact) mass is 361 g/mol. The summed E-state index contributed by atoms with van der Waals surface area (Å²) in [5, 5.41) is 5.62. The van der Waals surface area contributed by atoms with Crippen molar-refractivity contribution < 1.29 is 19.1 Å². The van der Waals surface area contributed by atoms with Crippen molar-refractivity contribution in [3.05, 3.63) is 29.8 Å². The van der Waals surface area contributed by atoms with E-state index in [9.17, 15) is 14.4 Å². The molecule has 7 heteroatoms. The zero-order valence-corrected chi connectivity index (χ0v) is 15.8. The summed E-state index contributed by atoms with van der Waals surface area (Å²) in [6.07, 6.45) is 1.64. The fourth-order valence-corrected chi connectivity index (χ4v) is 3.29. The second-order valence-corrected chi connectivity index (χ2v) is 6.38. The highest BCUT2D eigenvalue weighted by molar-refractivity contribution is 6.09. The molecule has 0 saturated carbocycles. The van der Waals surface area contributed by atoms with Crippen LogP contribution in [0.15, 0.2) is 24.3 Å². The molecule has 7 nitrogen and oxygen atoms in total. The van der Waals surface area contributed by atoms with Crippen LogP contribution in [-0.4, -0.2) is 41.9 Å². The van der Waals surface area contributed by atoms with Gasteiger partial charge in [-0.15, -0.1) is 0 Å². The van der Waals surface area contributed by atoms with E-state index in [0.29, 0.717) is 25.0 Å². The van der Waals surface area contributed by atoms with Gasteiger partial charge in [-0.2, -0.15) is 0 Å². The molecule has 0 aliphatic carbocycles. The van der Waals surface area contributed by atoms with Gasteiger partial charge < -0.3 is 15.4 Å². The first-order chi connectivity index (χ1) is 12.4. The van der Waals surface area contributed by atoms with Crippen LogP contribution in [0.5, 0.6) is 5.75 Å². The van der Waals surface area contributed by atoms with Crippen molar-refractivity contribution in [1.82, 2.24) is 15.5 Å². The summed E-state index contributed by atoms with van der Waals surface area (Å²) in [7, 11) is 1.58. The summed E-state index contributed by atoms with van der Waals surface area (Å²) in [6.45, 7) is 5.35. The van der Waals surface area contributed by atoms with Crippen LogP contribution in [0.25, 0.3) is 0 Å². The lowest BCUT2D eigenvalue weighted by atomic mass is 9.93. The highest BCUT2D eigenvalue weighted by Gasteiger charge is 2.49. The Balaban J connectivity index is 2.10. The standard InChI is InChI=1S/C19H27N3O4/c1-5-14(13-10-8-9-11-15(13)26-4)20-16(23)12-22-17(24)19(6-2,7-3)21-18(22)25/h8-11,14H,5-7,12H2,1-4H3,(H,20,23)(H,21,25). The lowest BCUT2D eigenvalue weighted by Gasteiger charge is -2.24. The summed E-state index contributed by atoms with van der Waals surface area (Å²) in [5.74, 6) is -0.0344. The lowest BCUT2D eigenvalue weighted by Crippen LogP contribution is -2.46. The third-order valence-corrected chi connectivity index (χ3v) is 5.01. The van der Waals surface area contributed by atoms with Crippen LogP contribution in [0.1, 0.15) is 51.6 Å². The molecule has 1 aliphatic heterocycles. The van der Waals surface area contributed by atoms with Crippen LogP contribution in [0.3, 0.4) is 0 Å². The van der Waals surface area contributed by atoms with E-state index in [1.807, 2.05) is 45.0 Å². The van der Waals surface area contributed by atoms with E-state index >= 15 is 0 Å². The molecule has 0 radical (unpaired) electrons. The van der Waals surface area contributed by atoms with Gasteiger partial charge in [0.05, 0.1) is 13.2 Å². The predicted octanol–water partition coefficient (Wildman–Crippen LogP) is 2.37. The van der Waals surface area contributed by atoms with Crippen LogP contribution in [0.2, 0.25) is 0 Å². The SMILES string of the molecule is CCC(NC(=O)CN1C(=O)NC(CC)(CC)C1=O)c1ccccc1OC. The molecule has 1 heterocycles. The Hall–Kier alpha value is -2.57. The quantitative estimate of drug-likeness (QED) is 0.696. The molecule has 4 amide bonds. The number of benzene rings is 1. The zero-order chi connectivity index (χ0) is 19.3. The number of urea groups is 1. The second kappa shape index (κ2) is 8.21. The van der Waals surface area contributed by atoms with Crippen LogP contribution < -0.4 is 15.4 Å². The van der Waals surface area contributed by atoms with E-state index in [1.165, 1.54) is 0 Å². The van der Waals surface area contributed by atoms with Crippen molar-refractivity contribution in [3.63, 3.8) is 0 Å². The number of hydrogen-bond donors (Lipinski definition) is 2. The molecule has 1 aliphatic rings. The largest absolute Gasteiger partial charge is 0.496 e. The van der Waals surface area contributed by atoms with Crippen molar-refractivity contribution in [1.29, 1.82) is 0 Å². The number of amides is 4. The minimum absolute atomic E-state index is 0.262. The van der Waals surface area contributed by atoms with Gasteiger partial charge in [-0.05, 0) is 25.3 Å². The minimum atomic E-state index is -0.899. The van der Waals surface area contributed by atoms with Gasteiger partial charge >= 0.3 is 6.03 Å². The average Bonchev–Trinajstić information content (AvgIpc) is 2.90. The molecular formula is C19H27N3O4. The molecule has 0 aromatic heterocycles. The Labute approximate surface area is 154 Å². The number of hydrogen-bond acceptors (Lipinski definition) is 4. The molecule has 0 bridgehead atoms. The summed E-state index contributed by atoms with van der Waals surface area (Å²) < 4.78 is 5.35. The number of methoxy groups -OCH3 is 1. The normalized spacial score (nSPS) is 17.0. The smallest absolute Gasteiger partial charge is 0.325 e. The first-order valence-electron chi connectivity index (χ1n) is 8.98. The molecular weight excluding hydrogens is 334 g/mol. The first kappa shape index (κ1) is 19.8. The molecule has 2 N–H and O–H groups in total. The third kappa shape index (κ3) is 3.66. The number of ether oxygens (including phenoxy) is 1. The van der Waals surface area contributed by atoms with Gasteiger partial charge in [0, 0.05) is 5.56 Å². The van der Waals surface area contributed by atoms with Gasteiger partial charge in [0.2, 0.25) is 5.91 Å². The second-order valence-electron chi connectivity index (χ2n) is 6.38. The summed E-state index contributed by atoms with van der Waals surface area (Å²) >= 11 is 0. The third-order valence-electron chi connectivity index (χ3n) is 5.01. The highest BCUT2D eigenvalue weighted by Crippen LogP contribution is 2.27. The van der Waals surface area contributed by atoms with Gasteiger partial charge in [0.1, 0.15) is 17.8 Å². The Kier molecular flexibility index (Phi) is 6.23. The zero-order valence-electron chi connectivity index (χ0n) is 15.8. The summed E-state index contributed by atoms with van der Waals surface area (Å²) in [6, 6.07) is 6.68. The van der Waals surface area contributed by atoms with E-state index in [-0.39, 0.29) is 24.4 Å². The molecule has 26 heavy (non-hydrogen) atoms. The summed E-state index contributed by atoms with van der Waals surface area (Å²) in [4.78, 5) is 38.3. The molecule has 2 rings (SSSR count). The highest BCUT2D eigenvalue weighted by atomic mass is 16.5. The van der Waals surface area contributed by atoms with Gasteiger partial charge in [-0.3, -0.25) is 14.5 Å². The number of carbonyl (C=O) groups is 3. The number of carbonyl (C=O) groups excluding carboxylic acids is 3. The molecule has 142 valence electrons.